The Hall–Kier alpha value is -2.28. The normalized spacial score (nSPS) is 17.5. The Bertz CT molecular complexity index is 642. The predicted octanol–water partition coefficient (Wildman–Crippen LogP) is 1.67. The zero-order chi connectivity index (χ0) is 16.3. The molecule has 0 bridgehead atoms. The third-order valence-electron chi connectivity index (χ3n) is 3.42. The van der Waals surface area contributed by atoms with E-state index >= 15 is 0 Å². The van der Waals surface area contributed by atoms with Crippen LogP contribution in [0.1, 0.15) is 18.5 Å². The van der Waals surface area contributed by atoms with Crippen LogP contribution >= 0.6 is 12.2 Å². The summed E-state index contributed by atoms with van der Waals surface area (Å²) in [4.78, 5) is 12.1. The zero-order valence-corrected chi connectivity index (χ0v) is 13.7. The highest BCUT2D eigenvalue weighted by molar-refractivity contribution is 7.80. The highest BCUT2D eigenvalue weighted by Gasteiger charge is 2.33. The number of nitrogens with one attached hydrogen (secondary N) is 2. The summed E-state index contributed by atoms with van der Waals surface area (Å²) in [5, 5.41) is 6.45. The van der Waals surface area contributed by atoms with Crippen LogP contribution in [-0.2, 0) is 9.53 Å². The van der Waals surface area contributed by atoms with Crippen LogP contribution in [0.3, 0.4) is 0 Å². The Labute approximate surface area is 134 Å². The van der Waals surface area contributed by atoms with Gasteiger partial charge in [0.1, 0.15) is 0 Å². The summed E-state index contributed by atoms with van der Waals surface area (Å²) in [6, 6.07) is 4.98. The molecule has 2 N–H and O–H groups in total. The maximum Gasteiger partial charge on any atom is 0.337 e. The van der Waals surface area contributed by atoms with Crippen LogP contribution < -0.4 is 20.1 Å². The molecule has 1 aliphatic rings. The van der Waals surface area contributed by atoms with E-state index in [1.165, 1.54) is 7.11 Å². The Morgan fingerprint density at radius 1 is 1.23 bits per heavy atom. The molecule has 1 atom stereocenters. The van der Waals surface area contributed by atoms with Crippen molar-refractivity contribution in [2.24, 2.45) is 0 Å². The molecular formula is C15H18N2O4S. The highest BCUT2D eigenvalue weighted by atomic mass is 32.1. The van der Waals surface area contributed by atoms with E-state index < -0.39 is 12.0 Å². The van der Waals surface area contributed by atoms with Gasteiger partial charge in [-0.25, -0.2) is 4.79 Å². The van der Waals surface area contributed by atoms with E-state index in [1.54, 1.807) is 27.2 Å². The number of hydrogen-bond donors (Lipinski definition) is 2. The van der Waals surface area contributed by atoms with Gasteiger partial charge in [-0.05, 0) is 25.2 Å². The number of methoxy groups -OCH3 is 3. The van der Waals surface area contributed by atoms with Gasteiger partial charge in [-0.15, -0.1) is 0 Å². The van der Waals surface area contributed by atoms with Crippen LogP contribution in [-0.4, -0.2) is 32.4 Å². The van der Waals surface area contributed by atoms with Crippen molar-refractivity contribution in [2.75, 3.05) is 21.3 Å². The summed E-state index contributed by atoms with van der Waals surface area (Å²) < 4.78 is 15.6. The van der Waals surface area contributed by atoms with E-state index in [0.717, 1.165) is 5.56 Å². The van der Waals surface area contributed by atoms with Gasteiger partial charge in [0.15, 0.2) is 16.6 Å². The molecule has 0 amide bonds. The lowest BCUT2D eigenvalue weighted by atomic mass is 9.94. The largest absolute Gasteiger partial charge is 0.493 e. The summed E-state index contributed by atoms with van der Waals surface area (Å²) in [7, 11) is 4.45. The van der Waals surface area contributed by atoms with Gasteiger partial charge in [-0.3, -0.25) is 0 Å². The van der Waals surface area contributed by atoms with Crippen molar-refractivity contribution in [1.82, 2.24) is 10.6 Å². The molecule has 1 aromatic rings. The molecular weight excluding hydrogens is 304 g/mol. The minimum Gasteiger partial charge on any atom is -0.493 e. The number of esters is 1. The molecule has 6 nitrogen and oxygen atoms in total. The monoisotopic (exact) mass is 322 g/mol. The van der Waals surface area contributed by atoms with Gasteiger partial charge in [0.05, 0.1) is 32.9 Å². The number of ether oxygens (including phenoxy) is 3. The average molecular weight is 322 g/mol. The number of hydrogen-bond acceptors (Lipinski definition) is 5. The van der Waals surface area contributed by atoms with Gasteiger partial charge in [-0.2, -0.15) is 0 Å². The first-order valence-corrected chi connectivity index (χ1v) is 7.01. The van der Waals surface area contributed by atoms with Crippen molar-refractivity contribution < 1.29 is 19.0 Å². The number of benzene rings is 1. The predicted molar refractivity (Wildman–Crippen MR) is 85.9 cm³/mol. The number of rotatable bonds is 4. The lowest BCUT2D eigenvalue weighted by molar-refractivity contribution is -0.136. The van der Waals surface area contributed by atoms with E-state index in [2.05, 4.69) is 10.6 Å². The highest BCUT2D eigenvalue weighted by Crippen LogP contribution is 2.38. The van der Waals surface area contributed by atoms with Crippen LogP contribution in [0.25, 0.3) is 0 Å². The Morgan fingerprint density at radius 2 is 1.95 bits per heavy atom. The maximum absolute atomic E-state index is 12.1. The first kappa shape index (κ1) is 16.1. The number of carbonyl (C=O) groups excluding carboxylic acids is 1. The molecule has 0 aliphatic carbocycles. The third kappa shape index (κ3) is 2.85. The quantitative estimate of drug-likeness (QED) is 0.645. The molecule has 0 unspecified atom stereocenters. The first-order valence-electron chi connectivity index (χ1n) is 6.61. The van der Waals surface area contributed by atoms with Crippen LogP contribution in [0.2, 0.25) is 0 Å². The van der Waals surface area contributed by atoms with Crippen molar-refractivity contribution in [1.29, 1.82) is 0 Å². The summed E-state index contributed by atoms with van der Waals surface area (Å²) in [5.41, 5.74) is 1.83. The van der Waals surface area contributed by atoms with Gasteiger partial charge in [0.25, 0.3) is 0 Å². The Balaban J connectivity index is 2.60. The van der Waals surface area contributed by atoms with Crippen molar-refractivity contribution in [2.45, 2.75) is 13.0 Å². The van der Waals surface area contributed by atoms with Crippen molar-refractivity contribution in [3.05, 3.63) is 35.0 Å². The Morgan fingerprint density at radius 3 is 2.55 bits per heavy atom. The lowest BCUT2D eigenvalue weighted by Gasteiger charge is -2.30. The second kappa shape index (κ2) is 6.65. The molecule has 0 spiro atoms. The molecule has 0 aromatic heterocycles. The minimum absolute atomic E-state index is 0.431. The molecule has 1 aliphatic heterocycles. The van der Waals surface area contributed by atoms with E-state index in [0.29, 0.717) is 27.9 Å². The fourth-order valence-electron chi connectivity index (χ4n) is 2.45. The summed E-state index contributed by atoms with van der Waals surface area (Å²) in [6.45, 7) is 1.78. The van der Waals surface area contributed by atoms with E-state index in [4.69, 9.17) is 26.4 Å². The summed E-state index contributed by atoms with van der Waals surface area (Å²) in [6.07, 6.45) is 0. The number of carbonyl (C=O) groups is 1. The summed E-state index contributed by atoms with van der Waals surface area (Å²) in [5.74, 6) is 0.685. The van der Waals surface area contributed by atoms with Crippen molar-refractivity contribution in [3.63, 3.8) is 0 Å². The number of thiocarbonyl (C=S) groups is 1. The van der Waals surface area contributed by atoms with Gasteiger partial charge >= 0.3 is 5.97 Å². The SMILES string of the molecule is COC(=O)C1=C(C)NC(=S)N[C@@H]1c1cccc(OC)c1OC. The molecule has 0 saturated carbocycles. The average Bonchev–Trinajstić information content (AvgIpc) is 2.52. The van der Waals surface area contributed by atoms with E-state index in [1.807, 2.05) is 12.1 Å². The van der Waals surface area contributed by atoms with Crippen LogP contribution in [0, 0.1) is 0 Å². The molecule has 1 aromatic carbocycles. The molecule has 22 heavy (non-hydrogen) atoms. The first-order chi connectivity index (χ1) is 10.5. The molecule has 0 saturated heterocycles. The third-order valence-corrected chi connectivity index (χ3v) is 3.64. The van der Waals surface area contributed by atoms with Crippen molar-refractivity contribution in [3.8, 4) is 11.5 Å². The minimum atomic E-state index is -0.480. The standard InChI is InChI=1S/C15H18N2O4S/c1-8-11(14(18)21-4)12(17-15(22)16-8)9-6-5-7-10(19-2)13(9)20-3/h5-7,12H,1-4H3,(H2,16,17,22)/t12-/m1/s1. The molecule has 0 fully saturated rings. The molecule has 118 valence electrons. The fraction of sp³-hybridized carbons (Fsp3) is 0.333. The van der Waals surface area contributed by atoms with Crippen LogP contribution in [0.15, 0.2) is 29.5 Å². The molecule has 0 radical (unpaired) electrons. The topological polar surface area (TPSA) is 68.8 Å². The molecule has 2 rings (SSSR count). The molecule has 7 heteroatoms. The zero-order valence-electron chi connectivity index (χ0n) is 12.9. The lowest BCUT2D eigenvalue weighted by Crippen LogP contribution is -2.45. The van der Waals surface area contributed by atoms with Crippen LogP contribution in [0.4, 0.5) is 0 Å². The van der Waals surface area contributed by atoms with Gasteiger partial charge in [-0.1, -0.05) is 12.1 Å². The second-order valence-electron chi connectivity index (χ2n) is 4.64. The van der Waals surface area contributed by atoms with E-state index in [9.17, 15) is 4.79 Å². The maximum atomic E-state index is 12.1. The van der Waals surface area contributed by atoms with Gasteiger partial charge in [0, 0.05) is 11.3 Å². The summed E-state index contributed by atoms with van der Waals surface area (Å²) >= 11 is 5.20. The van der Waals surface area contributed by atoms with Gasteiger partial charge in [0.2, 0.25) is 0 Å². The van der Waals surface area contributed by atoms with E-state index in [-0.39, 0.29) is 0 Å². The number of allylic oxidation sites excluding steroid dienone is 1. The number of para-hydroxylation sites is 1. The molecule has 1 heterocycles. The van der Waals surface area contributed by atoms with Gasteiger partial charge < -0.3 is 24.8 Å². The smallest absolute Gasteiger partial charge is 0.337 e. The second-order valence-corrected chi connectivity index (χ2v) is 5.05. The van der Waals surface area contributed by atoms with Crippen LogP contribution in [0.5, 0.6) is 11.5 Å². The Kier molecular flexibility index (Phi) is 4.87. The van der Waals surface area contributed by atoms with Crippen molar-refractivity contribution >= 4 is 23.3 Å². The fourth-order valence-corrected chi connectivity index (χ4v) is 2.72.